The summed E-state index contributed by atoms with van der Waals surface area (Å²) in [7, 11) is 1.30. The molecule has 1 aromatic carbocycles. The minimum Gasteiger partial charge on any atom is -0.469 e. The molecule has 0 fully saturated rings. The summed E-state index contributed by atoms with van der Waals surface area (Å²) in [4.78, 5) is 21.8. The van der Waals surface area contributed by atoms with Crippen LogP contribution >= 0.6 is 0 Å². The molecular weight excluding hydrogens is 246 g/mol. The molecule has 0 aliphatic heterocycles. The van der Waals surface area contributed by atoms with Gasteiger partial charge < -0.3 is 4.74 Å². The summed E-state index contributed by atoms with van der Waals surface area (Å²) in [5, 5.41) is 10.8. The van der Waals surface area contributed by atoms with Crippen molar-refractivity contribution in [1.82, 2.24) is 0 Å². The Morgan fingerprint density at radius 2 is 2.11 bits per heavy atom. The molecule has 5 heteroatoms. The van der Waals surface area contributed by atoms with Gasteiger partial charge in [-0.3, -0.25) is 14.9 Å². The third-order valence-corrected chi connectivity index (χ3v) is 3.02. The number of aryl methyl sites for hydroxylation is 1. The van der Waals surface area contributed by atoms with Crippen molar-refractivity contribution in [3.05, 3.63) is 45.5 Å². The van der Waals surface area contributed by atoms with Crippen LogP contribution in [0.4, 0.5) is 0 Å². The first-order chi connectivity index (χ1) is 9.08. The van der Waals surface area contributed by atoms with E-state index in [2.05, 4.69) is 11.7 Å². The fraction of sp³-hybridized carbons (Fsp3) is 0.500. The van der Waals surface area contributed by atoms with Crippen LogP contribution in [0.3, 0.4) is 0 Å². The Morgan fingerprint density at radius 1 is 1.42 bits per heavy atom. The lowest BCUT2D eigenvalue weighted by atomic mass is 9.90. The van der Waals surface area contributed by atoms with E-state index in [1.165, 1.54) is 7.11 Å². The van der Waals surface area contributed by atoms with Gasteiger partial charge in [0.2, 0.25) is 6.54 Å². The summed E-state index contributed by atoms with van der Waals surface area (Å²) in [6.45, 7) is 1.80. The summed E-state index contributed by atoms with van der Waals surface area (Å²) >= 11 is 0. The van der Waals surface area contributed by atoms with Crippen LogP contribution in [0, 0.1) is 10.1 Å². The number of benzene rings is 1. The number of hydrogen-bond acceptors (Lipinski definition) is 4. The van der Waals surface area contributed by atoms with Crippen LogP contribution < -0.4 is 0 Å². The molecule has 0 amide bonds. The van der Waals surface area contributed by atoms with Crippen LogP contribution in [0.15, 0.2) is 24.3 Å². The van der Waals surface area contributed by atoms with Gasteiger partial charge in [-0.2, -0.15) is 0 Å². The normalized spacial score (nSPS) is 11.9. The number of nitro groups is 1. The van der Waals surface area contributed by atoms with Crippen LogP contribution in [0.25, 0.3) is 0 Å². The standard InChI is InChI=1S/C14H19NO4/c1-3-6-11-7-4-5-8-13(11)12(10-15(17)18)9-14(16)19-2/h4-5,7-8,12H,3,6,9-10H2,1-2H3. The molecule has 0 aliphatic rings. The van der Waals surface area contributed by atoms with Gasteiger partial charge >= 0.3 is 5.97 Å². The number of ether oxygens (including phenoxy) is 1. The van der Waals surface area contributed by atoms with Crippen molar-refractivity contribution in [2.45, 2.75) is 32.1 Å². The quantitative estimate of drug-likeness (QED) is 0.431. The third kappa shape index (κ3) is 4.69. The molecule has 1 aromatic rings. The second-order valence-electron chi connectivity index (χ2n) is 4.44. The van der Waals surface area contributed by atoms with Crippen molar-refractivity contribution in [2.75, 3.05) is 13.7 Å². The van der Waals surface area contributed by atoms with Gasteiger partial charge in [-0.1, -0.05) is 37.6 Å². The molecule has 0 bridgehead atoms. The highest BCUT2D eigenvalue weighted by molar-refractivity contribution is 5.70. The summed E-state index contributed by atoms with van der Waals surface area (Å²) < 4.78 is 4.62. The zero-order chi connectivity index (χ0) is 14.3. The van der Waals surface area contributed by atoms with E-state index >= 15 is 0 Å². The molecule has 0 radical (unpaired) electrons. The maximum Gasteiger partial charge on any atom is 0.306 e. The van der Waals surface area contributed by atoms with Gasteiger partial charge in [-0.25, -0.2) is 0 Å². The summed E-state index contributed by atoms with van der Waals surface area (Å²) in [5.41, 5.74) is 1.95. The summed E-state index contributed by atoms with van der Waals surface area (Å²) in [5.74, 6) is -0.844. The number of hydrogen-bond donors (Lipinski definition) is 0. The monoisotopic (exact) mass is 265 g/mol. The van der Waals surface area contributed by atoms with Crippen LogP contribution in [-0.4, -0.2) is 24.5 Å². The lowest BCUT2D eigenvalue weighted by Crippen LogP contribution is -2.18. The zero-order valence-electron chi connectivity index (χ0n) is 11.3. The molecule has 1 atom stereocenters. The molecule has 0 saturated heterocycles. The van der Waals surface area contributed by atoms with E-state index < -0.39 is 11.9 Å². The van der Waals surface area contributed by atoms with Crippen molar-refractivity contribution < 1.29 is 14.5 Å². The molecule has 1 unspecified atom stereocenters. The highest BCUT2D eigenvalue weighted by atomic mass is 16.6. The average Bonchev–Trinajstić information content (AvgIpc) is 2.38. The lowest BCUT2D eigenvalue weighted by molar-refractivity contribution is -0.483. The molecule has 0 spiro atoms. The Labute approximate surface area is 112 Å². The van der Waals surface area contributed by atoms with Crippen LogP contribution in [-0.2, 0) is 16.0 Å². The molecule has 0 aliphatic carbocycles. The molecule has 0 aromatic heterocycles. The topological polar surface area (TPSA) is 69.4 Å². The third-order valence-electron chi connectivity index (χ3n) is 3.02. The summed E-state index contributed by atoms with van der Waals surface area (Å²) in [6, 6.07) is 7.58. The number of methoxy groups -OCH3 is 1. The Bertz CT molecular complexity index is 445. The first-order valence-electron chi connectivity index (χ1n) is 6.34. The number of rotatable bonds is 7. The number of esters is 1. The summed E-state index contributed by atoms with van der Waals surface area (Å²) in [6.07, 6.45) is 1.85. The van der Waals surface area contributed by atoms with E-state index in [0.717, 1.165) is 24.0 Å². The van der Waals surface area contributed by atoms with Gasteiger partial charge in [0.25, 0.3) is 0 Å². The van der Waals surface area contributed by atoms with Gasteiger partial charge in [-0.15, -0.1) is 0 Å². The largest absolute Gasteiger partial charge is 0.469 e. The van der Waals surface area contributed by atoms with Gasteiger partial charge in [0, 0.05) is 4.92 Å². The van der Waals surface area contributed by atoms with E-state index in [-0.39, 0.29) is 17.9 Å². The van der Waals surface area contributed by atoms with Crippen molar-refractivity contribution in [1.29, 1.82) is 0 Å². The number of carbonyl (C=O) groups is 1. The molecule has 5 nitrogen and oxygen atoms in total. The SMILES string of the molecule is CCCc1ccccc1C(CC(=O)OC)C[N+](=O)[O-]. The number of nitrogens with zero attached hydrogens (tertiary/aromatic N) is 1. The van der Waals surface area contributed by atoms with E-state index in [0.29, 0.717) is 0 Å². The Morgan fingerprint density at radius 3 is 2.68 bits per heavy atom. The molecule has 0 heterocycles. The second-order valence-corrected chi connectivity index (χ2v) is 4.44. The smallest absolute Gasteiger partial charge is 0.306 e. The van der Waals surface area contributed by atoms with Crippen LogP contribution in [0.2, 0.25) is 0 Å². The highest BCUT2D eigenvalue weighted by Gasteiger charge is 2.23. The molecule has 19 heavy (non-hydrogen) atoms. The lowest BCUT2D eigenvalue weighted by Gasteiger charge is -2.16. The van der Waals surface area contributed by atoms with E-state index in [1.807, 2.05) is 24.3 Å². The van der Waals surface area contributed by atoms with Gasteiger partial charge in [-0.05, 0) is 17.5 Å². The van der Waals surface area contributed by atoms with E-state index in [4.69, 9.17) is 0 Å². The molecule has 0 N–H and O–H groups in total. The second kappa shape index (κ2) is 7.51. The molecular formula is C14H19NO4. The Kier molecular flexibility index (Phi) is 5.99. The number of carbonyl (C=O) groups excluding carboxylic acids is 1. The first kappa shape index (κ1) is 15.1. The highest BCUT2D eigenvalue weighted by Crippen LogP contribution is 2.25. The van der Waals surface area contributed by atoms with Crippen molar-refractivity contribution >= 4 is 5.97 Å². The fourth-order valence-electron chi connectivity index (χ4n) is 2.17. The fourth-order valence-corrected chi connectivity index (χ4v) is 2.17. The van der Waals surface area contributed by atoms with Crippen molar-refractivity contribution in [2.24, 2.45) is 0 Å². The van der Waals surface area contributed by atoms with E-state index in [9.17, 15) is 14.9 Å². The minimum atomic E-state index is -0.426. The first-order valence-corrected chi connectivity index (χ1v) is 6.34. The predicted octanol–water partition coefficient (Wildman–Crippen LogP) is 2.56. The van der Waals surface area contributed by atoms with Crippen LogP contribution in [0.1, 0.15) is 36.8 Å². The maximum atomic E-state index is 11.4. The zero-order valence-corrected chi connectivity index (χ0v) is 11.3. The van der Waals surface area contributed by atoms with Crippen molar-refractivity contribution in [3.63, 3.8) is 0 Å². The maximum absolute atomic E-state index is 11.4. The Balaban J connectivity index is 3.01. The predicted molar refractivity (Wildman–Crippen MR) is 71.7 cm³/mol. The van der Waals surface area contributed by atoms with Crippen LogP contribution in [0.5, 0.6) is 0 Å². The van der Waals surface area contributed by atoms with E-state index in [1.54, 1.807) is 0 Å². The minimum absolute atomic E-state index is 0.0399. The van der Waals surface area contributed by atoms with Gasteiger partial charge in [0.05, 0.1) is 19.4 Å². The van der Waals surface area contributed by atoms with Gasteiger partial charge in [0.1, 0.15) is 0 Å². The molecule has 1 rings (SSSR count). The molecule has 104 valence electrons. The van der Waals surface area contributed by atoms with Gasteiger partial charge in [0.15, 0.2) is 0 Å². The molecule has 0 saturated carbocycles. The Hall–Kier alpha value is -1.91. The average molecular weight is 265 g/mol. The van der Waals surface area contributed by atoms with Crippen molar-refractivity contribution in [3.8, 4) is 0 Å².